The molecule has 1 aliphatic rings. The lowest BCUT2D eigenvalue weighted by atomic mass is 9.84. The summed E-state index contributed by atoms with van der Waals surface area (Å²) in [5.41, 5.74) is 5.70. The summed E-state index contributed by atoms with van der Waals surface area (Å²) < 4.78 is 0. The summed E-state index contributed by atoms with van der Waals surface area (Å²) >= 11 is 0. The van der Waals surface area contributed by atoms with E-state index in [-0.39, 0.29) is 0 Å². The minimum atomic E-state index is 0.654. The van der Waals surface area contributed by atoms with Gasteiger partial charge in [-0.15, -0.1) is 0 Å². The Balaban J connectivity index is 1.92. The summed E-state index contributed by atoms with van der Waals surface area (Å²) in [5, 5.41) is 3.76. The van der Waals surface area contributed by atoms with Crippen molar-refractivity contribution in [3.63, 3.8) is 0 Å². The van der Waals surface area contributed by atoms with Crippen LogP contribution < -0.4 is 5.32 Å². The summed E-state index contributed by atoms with van der Waals surface area (Å²) in [6, 6.07) is 5.32. The van der Waals surface area contributed by atoms with Gasteiger partial charge in [-0.25, -0.2) is 0 Å². The molecule has 1 N–H and O–H groups in total. The molecule has 2 rings (SSSR count). The highest BCUT2D eigenvalue weighted by Crippen LogP contribution is 2.26. The fraction of sp³-hybridized carbons (Fsp3) is 0.667. The Morgan fingerprint density at radius 3 is 2.32 bits per heavy atom. The number of nitrogens with one attached hydrogen (secondary N) is 1. The van der Waals surface area contributed by atoms with E-state index in [2.05, 4.69) is 45.1 Å². The lowest BCUT2D eigenvalue weighted by Gasteiger charge is -2.28. The maximum absolute atomic E-state index is 3.76. The molecule has 0 unspecified atom stereocenters. The predicted octanol–water partition coefficient (Wildman–Crippen LogP) is 4.67. The molecule has 0 aliphatic heterocycles. The molecule has 19 heavy (non-hydrogen) atoms. The Hall–Kier alpha value is -0.820. The maximum atomic E-state index is 3.76. The van der Waals surface area contributed by atoms with Crippen LogP contribution in [0.1, 0.15) is 61.3 Å². The standard InChI is InChI=1S/C18H29N/c1-13-10-15(3)18(11-14(13)2)12-19-16(4)17-8-6-5-7-9-17/h10-11,16-17,19H,5-9,12H2,1-4H3/t16-/m0/s1. The summed E-state index contributed by atoms with van der Waals surface area (Å²) in [5.74, 6) is 0.889. The monoisotopic (exact) mass is 259 g/mol. The van der Waals surface area contributed by atoms with Crippen LogP contribution >= 0.6 is 0 Å². The molecule has 1 aliphatic carbocycles. The van der Waals surface area contributed by atoms with Gasteiger partial charge >= 0.3 is 0 Å². The van der Waals surface area contributed by atoms with Gasteiger partial charge in [0.15, 0.2) is 0 Å². The Morgan fingerprint density at radius 2 is 1.63 bits per heavy atom. The van der Waals surface area contributed by atoms with Gasteiger partial charge in [0.25, 0.3) is 0 Å². The second kappa shape index (κ2) is 6.56. The van der Waals surface area contributed by atoms with Gasteiger partial charge in [-0.05, 0) is 68.7 Å². The Kier molecular flexibility index (Phi) is 5.04. The third-order valence-corrected chi connectivity index (χ3v) is 4.92. The largest absolute Gasteiger partial charge is 0.310 e. The smallest absolute Gasteiger partial charge is 0.0210 e. The van der Waals surface area contributed by atoms with Gasteiger partial charge in [-0.2, -0.15) is 0 Å². The second-order valence-electron chi connectivity index (χ2n) is 6.43. The molecule has 0 saturated heterocycles. The molecule has 1 saturated carbocycles. The van der Waals surface area contributed by atoms with Crippen molar-refractivity contribution >= 4 is 0 Å². The predicted molar refractivity (Wildman–Crippen MR) is 83.5 cm³/mol. The van der Waals surface area contributed by atoms with Crippen molar-refractivity contribution in [2.45, 2.75) is 72.4 Å². The molecule has 1 aromatic rings. The van der Waals surface area contributed by atoms with Crippen molar-refractivity contribution < 1.29 is 0 Å². The lowest BCUT2D eigenvalue weighted by Crippen LogP contribution is -2.34. The van der Waals surface area contributed by atoms with Gasteiger partial charge < -0.3 is 5.32 Å². The van der Waals surface area contributed by atoms with E-state index in [4.69, 9.17) is 0 Å². The average Bonchev–Trinajstić information content (AvgIpc) is 2.42. The van der Waals surface area contributed by atoms with Gasteiger partial charge in [0.1, 0.15) is 0 Å². The van der Waals surface area contributed by atoms with E-state index in [0.29, 0.717) is 6.04 Å². The van der Waals surface area contributed by atoms with E-state index in [1.165, 1.54) is 54.4 Å². The van der Waals surface area contributed by atoms with Crippen LogP contribution in [-0.4, -0.2) is 6.04 Å². The zero-order chi connectivity index (χ0) is 13.8. The Morgan fingerprint density at radius 1 is 1.00 bits per heavy atom. The Labute approximate surface area is 118 Å². The van der Waals surface area contributed by atoms with Crippen molar-refractivity contribution in [3.8, 4) is 0 Å². The molecule has 1 aromatic carbocycles. The van der Waals surface area contributed by atoms with Crippen LogP contribution in [0, 0.1) is 26.7 Å². The minimum absolute atomic E-state index is 0.654. The highest BCUT2D eigenvalue weighted by molar-refractivity contribution is 5.36. The van der Waals surface area contributed by atoms with E-state index < -0.39 is 0 Å². The molecular formula is C18H29N. The molecular weight excluding hydrogens is 230 g/mol. The van der Waals surface area contributed by atoms with Crippen LogP contribution in [-0.2, 0) is 6.54 Å². The van der Waals surface area contributed by atoms with Crippen molar-refractivity contribution in [1.82, 2.24) is 5.32 Å². The molecule has 1 fully saturated rings. The molecule has 1 heteroatoms. The summed E-state index contributed by atoms with van der Waals surface area (Å²) in [4.78, 5) is 0. The second-order valence-corrected chi connectivity index (χ2v) is 6.43. The number of rotatable bonds is 4. The first-order valence-corrected chi connectivity index (χ1v) is 7.88. The number of aryl methyl sites for hydroxylation is 3. The van der Waals surface area contributed by atoms with E-state index in [1.54, 1.807) is 0 Å². The van der Waals surface area contributed by atoms with Gasteiger partial charge in [0.2, 0.25) is 0 Å². The minimum Gasteiger partial charge on any atom is -0.310 e. The van der Waals surface area contributed by atoms with E-state index in [1.807, 2.05) is 0 Å². The number of hydrogen-bond donors (Lipinski definition) is 1. The Bertz CT molecular complexity index is 416. The van der Waals surface area contributed by atoms with Crippen LogP contribution in [0.2, 0.25) is 0 Å². The van der Waals surface area contributed by atoms with Crippen LogP contribution in [0.4, 0.5) is 0 Å². The van der Waals surface area contributed by atoms with E-state index >= 15 is 0 Å². The molecule has 0 aromatic heterocycles. The first-order valence-electron chi connectivity index (χ1n) is 7.88. The quantitative estimate of drug-likeness (QED) is 0.828. The maximum Gasteiger partial charge on any atom is 0.0210 e. The molecule has 1 atom stereocenters. The highest BCUT2D eigenvalue weighted by atomic mass is 14.9. The fourth-order valence-corrected chi connectivity index (χ4v) is 3.28. The van der Waals surface area contributed by atoms with Crippen molar-refractivity contribution in [1.29, 1.82) is 0 Å². The first-order chi connectivity index (χ1) is 9.08. The van der Waals surface area contributed by atoms with Gasteiger partial charge in [0.05, 0.1) is 0 Å². The third-order valence-electron chi connectivity index (χ3n) is 4.92. The van der Waals surface area contributed by atoms with E-state index in [9.17, 15) is 0 Å². The molecule has 0 radical (unpaired) electrons. The highest BCUT2D eigenvalue weighted by Gasteiger charge is 2.19. The zero-order valence-corrected chi connectivity index (χ0v) is 13.1. The third kappa shape index (κ3) is 3.82. The van der Waals surface area contributed by atoms with Crippen molar-refractivity contribution in [2.24, 2.45) is 5.92 Å². The molecule has 106 valence electrons. The summed E-state index contributed by atoms with van der Waals surface area (Å²) in [6.07, 6.45) is 7.14. The SMILES string of the molecule is Cc1cc(C)c(CN[C@@H](C)C2CCCCC2)cc1C. The van der Waals surface area contributed by atoms with Crippen LogP contribution in [0.5, 0.6) is 0 Å². The summed E-state index contributed by atoms with van der Waals surface area (Å²) in [7, 11) is 0. The van der Waals surface area contributed by atoms with Crippen LogP contribution in [0.15, 0.2) is 12.1 Å². The van der Waals surface area contributed by atoms with Crippen molar-refractivity contribution in [3.05, 3.63) is 34.4 Å². The molecule has 0 spiro atoms. The number of benzene rings is 1. The topological polar surface area (TPSA) is 12.0 Å². The first kappa shape index (κ1) is 14.6. The summed E-state index contributed by atoms with van der Waals surface area (Å²) in [6.45, 7) is 10.0. The molecule has 0 heterocycles. The average molecular weight is 259 g/mol. The van der Waals surface area contributed by atoms with Gasteiger partial charge in [0, 0.05) is 12.6 Å². The fourth-order valence-electron chi connectivity index (χ4n) is 3.28. The normalized spacial score (nSPS) is 18.5. The molecule has 0 bridgehead atoms. The van der Waals surface area contributed by atoms with Gasteiger partial charge in [-0.1, -0.05) is 31.4 Å². The number of hydrogen-bond acceptors (Lipinski definition) is 1. The lowest BCUT2D eigenvalue weighted by molar-refractivity contribution is 0.280. The molecule has 1 nitrogen and oxygen atoms in total. The van der Waals surface area contributed by atoms with Crippen LogP contribution in [0.3, 0.4) is 0 Å². The van der Waals surface area contributed by atoms with E-state index in [0.717, 1.165) is 12.5 Å². The molecule has 0 amide bonds. The van der Waals surface area contributed by atoms with Crippen molar-refractivity contribution in [2.75, 3.05) is 0 Å². The zero-order valence-electron chi connectivity index (χ0n) is 13.1. The van der Waals surface area contributed by atoms with Crippen LogP contribution in [0.25, 0.3) is 0 Å². The van der Waals surface area contributed by atoms with Gasteiger partial charge in [-0.3, -0.25) is 0 Å².